The molecule has 0 aromatic carbocycles. The predicted molar refractivity (Wildman–Crippen MR) is 80.8 cm³/mol. The van der Waals surface area contributed by atoms with Crippen LogP contribution < -0.4 is 4.90 Å². The summed E-state index contributed by atoms with van der Waals surface area (Å²) in [6, 6.07) is 0. The molecule has 0 aliphatic carbocycles. The molecule has 6 heteroatoms. The third-order valence-electron chi connectivity index (χ3n) is 3.44. The fraction of sp³-hybridized carbons (Fsp3) is 0.714. The Balaban J connectivity index is 2.33. The lowest BCUT2D eigenvalue weighted by Gasteiger charge is -2.23. The molecule has 0 N–H and O–H groups in total. The van der Waals surface area contributed by atoms with Gasteiger partial charge in [-0.15, -0.1) is 5.10 Å². The van der Waals surface area contributed by atoms with Gasteiger partial charge >= 0.3 is 0 Å². The van der Waals surface area contributed by atoms with Crippen molar-refractivity contribution in [3.63, 3.8) is 0 Å². The topological polar surface area (TPSA) is 59.7 Å². The molecule has 110 valence electrons. The Bertz CT molecular complexity index is 527. The van der Waals surface area contributed by atoms with Gasteiger partial charge in [-0.25, -0.2) is 14.6 Å². The van der Waals surface area contributed by atoms with Crippen molar-refractivity contribution in [3.8, 4) is 0 Å². The minimum absolute atomic E-state index is 0.775. The molecule has 2 aromatic rings. The highest BCUT2D eigenvalue weighted by Crippen LogP contribution is 2.21. The Kier molecular flexibility index (Phi) is 5.26. The highest BCUT2D eigenvalue weighted by molar-refractivity contribution is 5.82. The number of anilines is 1. The van der Waals surface area contributed by atoms with Gasteiger partial charge in [-0.3, -0.25) is 0 Å². The van der Waals surface area contributed by atoms with E-state index in [-0.39, 0.29) is 0 Å². The average Bonchev–Trinajstić information content (AvgIpc) is 2.91. The SMILES string of the molecule is CCCCN(CCCC)c1ncnc2c1nnn2CC. The molecular weight excluding hydrogens is 252 g/mol. The summed E-state index contributed by atoms with van der Waals surface area (Å²) in [5.74, 6) is 0.927. The first-order valence-corrected chi connectivity index (χ1v) is 7.60. The molecule has 0 aliphatic rings. The van der Waals surface area contributed by atoms with E-state index < -0.39 is 0 Å². The maximum absolute atomic E-state index is 4.46. The molecule has 0 atom stereocenters. The molecule has 20 heavy (non-hydrogen) atoms. The van der Waals surface area contributed by atoms with Crippen molar-refractivity contribution in [2.45, 2.75) is 53.0 Å². The second kappa shape index (κ2) is 7.17. The summed E-state index contributed by atoms with van der Waals surface area (Å²) in [5.41, 5.74) is 1.65. The Morgan fingerprint density at radius 2 is 1.75 bits per heavy atom. The summed E-state index contributed by atoms with van der Waals surface area (Å²) in [4.78, 5) is 11.1. The van der Waals surface area contributed by atoms with Crippen LogP contribution in [-0.4, -0.2) is 38.1 Å². The largest absolute Gasteiger partial charge is 0.355 e. The van der Waals surface area contributed by atoms with Crippen LogP contribution in [0.15, 0.2) is 6.33 Å². The van der Waals surface area contributed by atoms with Gasteiger partial charge in [0, 0.05) is 19.6 Å². The van der Waals surface area contributed by atoms with Gasteiger partial charge in [0.2, 0.25) is 0 Å². The maximum atomic E-state index is 4.46. The fourth-order valence-electron chi connectivity index (χ4n) is 2.25. The van der Waals surface area contributed by atoms with Crippen LogP contribution in [-0.2, 0) is 6.54 Å². The minimum atomic E-state index is 0.775. The van der Waals surface area contributed by atoms with Crippen LogP contribution in [0.25, 0.3) is 11.2 Å². The zero-order valence-electron chi connectivity index (χ0n) is 12.7. The van der Waals surface area contributed by atoms with E-state index in [2.05, 4.69) is 39.0 Å². The first-order valence-electron chi connectivity index (χ1n) is 7.60. The second-order valence-electron chi connectivity index (χ2n) is 4.97. The summed E-state index contributed by atoms with van der Waals surface area (Å²) in [6.45, 7) is 9.27. The molecule has 0 bridgehead atoms. The van der Waals surface area contributed by atoms with Gasteiger partial charge in [0.15, 0.2) is 17.0 Å². The molecule has 0 unspecified atom stereocenters. The zero-order chi connectivity index (χ0) is 14.4. The van der Waals surface area contributed by atoms with E-state index in [0.717, 1.165) is 49.5 Å². The minimum Gasteiger partial charge on any atom is -0.355 e. The van der Waals surface area contributed by atoms with Gasteiger partial charge in [0.05, 0.1) is 0 Å². The Labute approximate surface area is 120 Å². The van der Waals surface area contributed by atoms with Crippen LogP contribution >= 0.6 is 0 Å². The van der Waals surface area contributed by atoms with Crippen molar-refractivity contribution in [2.75, 3.05) is 18.0 Å². The van der Waals surface area contributed by atoms with Gasteiger partial charge < -0.3 is 4.90 Å². The second-order valence-corrected chi connectivity index (χ2v) is 4.97. The molecule has 6 nitrogen and oxygen atoms in total. The van der Waals surface area contributed by atoms with Crippen molar-refractivity contribution in [1.82, 2.24) is 25.0 Å². The molecule has 0 spiro atoms. The van der Waals surface area contributed by atoms with Crippen molar-refractivity contribution in [3.05, 3.63) is 6.33 Å². The van der Waals surface area contributed by atoms with Gasteiger partial charge in [-0.05, 0) is 19.8 Å². The van der Waals surface area contributed by atoms with Crippen LogP contribution in [0.4, 0.5) is 5.82 Å². The van der Waals surface area contributed by atoms with E-state index in [1.165, 1.54) is 12.8 Å². The summed E-state index contributed by atoms with van der Waals surface area (Å²) >= 11 is 0. The van der Waals surface area contributed by atoms with Crippen LogP contribution in [0.1, 0.15) is 46.5 Å². The lowest BCUT2D eigenvalue weighted by molar-refractivity contribution is 0.641. The first-order chi connectivity index (χ1) is 9.81. The number of hydrogen-bond donors (Lipinski definition) is 0. The Hall–Kier alpha value is -1.72. The molecular formula is C14H24N6. The summed E-state index contributed by atoms with van der Waals surface area (Å²) in [5, 5.41) is 8.43. The smallest absolute Gasteiger partial charge is 0.183 e. The van der Waals surface area contributed by atoms with E-state index in [1.54, 1.807) is 6.33 Å². The van der Waals surface area contributed by atoms with E-state index in [0.29, 0.717) is 0 Å². The maximum Gasteiger partial charge on any atom is 0.183 e. The van der Waals surface area contributed by atoms with Crippen molar-refractivity contribution >= 4 is 17.0 Å². The lowest BCUT2D eigenvalue weighted by Crippen LogP contribution is -2.27. The van der Waals surface area contributed by atoms with E-state index in [1.807, 2.05) is 11.6 Å². The normalized spacial score (nSPS) is 11.2. The number of aryl methyl sites for hydroxylation is 1. The van der Waals surface area contributed by atoms with Gasteiger partial charge in [0.25, 0.3) is 0 Å². The standard InChI is InChI=1S/C14H24N6/c1-4-7-9-19(10-8-5-2)13-12-14(16-11-15-13)20(6-3)18-17-12/h11H,4-10H2,1-3H3. The first kappa shape index (κ1) is 14.7. The predicted octanol–water partition coefficient (Wildman–Crippen LogP) is 2.65. The summed E-state index contributed by atoms with van der Waals surface area (Å²) < 4.78 is 1.82. The molecule has 0 amide bonds. The van der Waals surface area contributed by atoms with E-state index in [4.69, 9.17) is 0 Å². The van der Waals surface area contributed by atoms with E-state index in [9.17, 15) is 0 Å². The fourth-order valence-corrected chi connectivity index (χ4v) is 2.25. The van der Waals surface area contributed by atoms with Crippen molar-refractivity contribution < 1.29 is 0 Å². The van der Waals surface area contributed by atoms with Crippen molar-refractivity contribution in [1.29, 1.82) is 0 Å². The molecule has 0 saturated heterocycles. The quantitative estimate of drug-likeness (QED) is 0.742. The Morgan fingerprint density at radius 3 is 2.35 bits per heavy atom. The Morgan fingerprint density at radius 1 is 1.05 bits per heavy atom. The molecule has 2 heterocycles. The molecule has 0 radical (unpaired) electrons. The molecule has 0 aliphatic heterocycles. The zero-order valence-corrected chi connectivity index (χ0v) is 12.7. The van der Waals surface area contributed by atoms with Crippen LogP contribution in [0, 0.1) is 0 Å². The molecule has 0 fully saturated rings. The summed E-state index contributed by atoms with van der Waals surface area (Å²) in [7, 11) is 0. The lowest BCUT2D eigenvalue weighted by atomic mass is 10.2. The monoisotopic (exact) mass is 276 g/mol. The molecule has 0 saturated carbocycles. The van der Waals surface area contributed by atoms with E-state index >= 15 is 0 Å². The van der Waals surface area contributed by atoms with Crippen molar-refractivity contribution in [2.24, 2.45) is 0 Å². The number of unbranched alkanes of at least 4 members (excludes halogenated alkanes) is 2. The van der Waals surface area contributed by atoms with Crippen LogP contribution in [0.3, 0.4) is 0 Å². The summed E-state index contributed by atoms with van der Waals surface area (Å²) in [6.07, 6.45) is 6.31. The third-order valence-corrected chi connectivity index (χ3v) is 3.44. The highest BCUT2D eigenvalue weighted by Gasteiger charge is 2.16. The number of hydrogen-bond acceptors (Lipinski definition) is 5. The van der Waals surface area contributed by atoms with Gasteiger partial charge in [-0.1, -0.05) is 31.9 Å². The van der Waals surface area contributed by atoms with Gasteiger partial charge in [0.1, 0.15) is 6.33 Å². The molecule has 2 aromatic heterocycles. The average molecular weight is 276 g/mol. The highest BCUT2D eigenvalue weighted by atomic mass is 15.4. The third kappa shape index (κ3) is 3.05. The number of rotatable bonds is 8. The number of nitrogens with zero attached hydrogens (tertiary/aromatic N) is 6. The van der Waals surface area contributed by atoms with Crippen LogP contribution in [0.5, 0.6) is 0 Å². The van der Waals surface area contributed by atoms with Crippen LogP contribution in [0.2, 0.25) is 0 Å². The van der Waals surface area contributed by atoms with Gasteiger partial charge in [-0.2, -0.15) is 0 Å². The number of aromatic nitrogens is 5. The number of fused-ring (bicyclic) bond motifs is 1. The molecule has 2 rings (SSSR count).